The molecule has 1 N–H and O–H groups in total. The van der Waals surface area contributed by atoms with Crippen molar-refractivity contribution in [2.75, 3.05) is 20.2 Å². The van der Waals surface area contributed by atoms with Crippen molar-refractivity contribution in [2.45, 2.75) is 37.9 Å². The lowest BCUT2D eigenvalue weighted by Gasteiger charge is -2.16. The van der Waals surface area contributed by atoms with Crippen LogP contribution in [0, 0.1) is 0 Å². The van der Waals surface area contributed by atoms with E-state index in [0.717, 1.165) is 22.8 Å². The smallest absolute Gasteiger partial charge is 0.133 e. The van der Waals surface area contributed by atoms with Gasteiger partial charge in [0.1, 0.15) is 5.75 Å². The first-order valence-electron chi connectivity index (χ1n) is 7.06. The quantitative estimate of drug-likeness (QED) is 0.901. The predicted octanol–water partition coefficient (Wildman–Crippen LogP) is 2.78. The predicted molar refractivity (Wildman–Crippen MR) is 80.5 cm³/mol. The second kappa shape index (κ2) is 5.81. The Hall–Kier alpha value is -0.580. The van der Waals surface area contributed by atoms with Crippen molar-refractivity contribution in [3.05, 3.63) is 28.2 Å². The number of nitrogens with zero attached hydrogens (tertiary/aromatic N) is 1. The van der Waals surface area contributed by atoms with E-state index in [1.807, 2.05) is 6.07 Å². The standard InChI is InChI=1S/C15H21BrN2O/c1-19-15-5-2-11(8-14(15)16)9-17-12-6-7-18(10-12)13-3-4-13/h2,5,8,12-13,17H,3-4,6-7,9-10H2,1H3. The minimum absolute atomic E-state index is 0.654. The van der Waals surface area contributed by atoms with E-state index in [1.54, 1.807) is 7.11 Å². The molecule has 1 saturated heterocycles. The van der Waals surface area contributed by atoms with Gasteiger partial charge in [-0.3, -0.25) is 4.90 Å². The van der Waals surface area contributed by atoms with Crippen molar-refractivity contribution in [3.8, 4) is 5.75 Å². The van der Waals surface area contributed by atoms with Crippen molar-refractivity contribution in [2.24, 2.45) is 0 Å². The Morgan fingerprint density at radius 3 is 2.89 bits per heavy atom. The lowest BCUT2D eigenvalue weighted by molar-refractivity contribution is 0.317. The molecule has 0 spiro atoms. The van der Waals surface area contributed by atoms with E-state index in [0.29, 0.717) is 6.04 Å². The van der Waals surface area contributed by atoms with Crippen LogP contribution in [0.1, 0.15) is 24.8 Å². The molecule has 0 bridgehead atoms. The van der Waals surface area contributed by atoms with Crippen LogP contribution in [-0.4, -0.2) is 37.2 Å². The summed E-state index contributed by atoms with van der Waals surface area (Å²) in [6.45, 7) is 3.43. The number of benzene rings is 1. The zero-order valence-electron chi connectivity index (χ0n) is 11.4. The van der Waals surface area contributed by atoms with Crippen LogP contribution in [0.4, 0.5) is 0 Å². The first-order chi connectivity index (χ1) is 9.26. The minimum atomic E-state index is 0.654. The van der Waals surface area contributed by atoms with Gasteiger partial charge >= 0.3 is 0 Å². The van der Waals surface area contributed by atoms with Crippen LogP contribution >= 0.6 is 15.9 Å². The van der Waals surface area contributed by atoms with Crippen LogP contribution in [0.2, 0.25) is 0 Å². The fourth-order valence-electron chi connectivity index (χ4n) is 2.81. The molecular formula is C15H21BrN2O. The van der Waals surface area contributed by atoms with Crippen LogP contribution in [0.3, 0.4) is 0 Å². The fourth-order valence-corrected chi connectivity index (χ4v) is 3.40. The van der Waals surface area contributed by atoms with Crippen molar-refractivity contribution < 1.29 is 4.74 Å². The monoisotopic (exact) mass is 324 g/mol. The molecular weight excluding hydrogens is 304 g/mol. The molecule has 1 aliphatic heterocycles. The van der Waals surface area contributed by atoms with Gasteiger partial charge in [0.15, 0.2) is 0 Å². The molecule has 4 heteroatoms. The lowest BCUT2D eigenvalue weighted by Crippen LogP contribution is -2.32. The Labute approximate surface area is 123 Å². The first-order valence-corrected chi connectivity index (χ1v) is 7.85. The Balaban J connectivity index is 1.50. The van der Waals surface area contributed by atoms with Gasteiger partial charge in [-0.05, 0) is 52.9 Å². The van der Waals surface area contributed by atoms with Crippen LogP contribution in [0.25, 0.3) is 0 Å². The number of nitrogens with one attached hydrogen (secondary N) is 1. The zero-order valence-corrected chi connectivity index (χ0v) is 12.9. The third-order valence-corrected chi connectivity index (χ3v) is 4.71. The summed E-state index contributed by atoms with van der Waals surface area (Å²) in [6, 6.07) is 7.85. The van der Waals surface area contributed by atoms with E-state index in [9.17, 15) is 0 Å². The largest absolute Gasteiger partial charge is 0.496 e. The van der Waals surface area contributed by atoms with E-state index in [1.165, 1.54) is 37.9 Å². The number of halogens is 1. The number of hydrogen-bond acceptors (Lipinski definition) is 3. The molecule has 0 radical (unpaired) electrons. The van der Waals surface area contributed by atoms with Gasteiger partial charge in [0, 0.05) is 31.7 Å². The van der Waals surface area contributed by atoms with Gasteiger partial charge in [-0.25, -0.2) is 0 Å². The highest BCUT2D eigenvalue weighted by Gasteiger charge is 2.33. The normalized spacial score (nSPS) is 23.8. The second-order valence-corrected chi connectivity index (χ2v) is 6.42. The van der Waals surface area contributed by atoms with E-state index >= 15 is 0 Å². The third kappa shape index (κ3) is 3.30. The molecule has 104 valence electrons. The maximum atomic E-state index is 5.25. The molecule has 2 fully saturated rings. The summed E-state index contributed by atoms with van der Waals surface area (Å²) in [5.74, 6) is 0.893. The molecule has 1 unspecified atom stereocenters. The highest BCUT2D eigenvalue weighted by atomic mass is 79.9. The number of likely N-dealkylation sites (tertiary alicyclic amines) is 1. The summed E-state index contributed by atoms with van der Waals surface area (Å²) in [5, 5.41) is 3.67. The van der Waals surface area contributed by atoms with Gasteiger partial charge in [-0.2, -0.15) is 0 Å². The van der Waals surface area contributed by atoms with Crippen molar-refractivity contribution in [3.63, 3.8) is 0 Å². The van der Waals surface area contributed by atoms with Crippen LogP contribution in [0.15, 0.2) is 22.7 Å². The lowest BCUT2D eigenvalue weighted by atomic mass is 10.2. The van der Waals surface area contributed by atoms with Gasteiger partial charge < -0.3 is 10.1 Å². The van der Waals surface area contributed by atoms with Gasteiger partial charge in [0.05, 0.1) is 11.6 Å². The number of rotatable bonds is 5. The van der Waals surface area contributed by atoms with Gasteiger partial charge in [0.2, 0.25) is 0 Å². The first kappa shape index (κ1) is 13.4. The summed E-state index contributed by atoms with van der Waals surface area (Å²) in [7, 11) is 1.70. The third-order valence-electron chi connectivity index (χ3n) is 4.09. The van der Waals surface area contributed by atoms with Crippen LogP contribution < -0.4 is 10.1 Å². The van der Waals surface area contributed by atoms with E-state index in [2.05, 4.69) is 38.3 Å². The van der Waals surface area contributed by atoms with Gasteiger partial charge in [-0.15, -0.1) is 0 Å². The number of methoxy groups -OCH3 is 1. The Morgan fingerprint density at radius 2 is 2.21 bits per heavy atom. The molecule has 3 nitrogen and oxygen atoms in total. The average Bonchev–Trinajstić information content (AvgIpc) is 3.16. The minimum Gasteiger partial charge on any atom is -0.496 e. The van der Waals surface area contributed by atoms with E-state index in [-0.39, 0.29) is 0 Å². The molecule has 0 amide bonds. The Morgan fingerprint density at radius 1 is 1.37 bits per heavy atom. The topological polar surface area (TPSA) is 24.5 Å². The second-order valence-electron chi connectivity index (χ2n) is 5.56. The van der Waals surface area contributed by atoms with Crippen molar-refractivity contribution in [1.82, 2.24) is 10.2 Å². The molecule has 1 aromatic carbocycles. The zero-order chi connectivity index (χ0) is 13.2. The molecule has 1 aliphatic carbocycles. The van der Waals surface area contributed by atoms with Gasteiger partial charge in [0.25, 0.3) is 0 Å². The molecule has 1 saturated carbocycles. The summed E-state index contributed by atoms with van der Waals surface area (Å²) in [4.78, 5) is 2.64. The molecule has 19 heavy (non-hydrogen) atoms. The molecule has 2 aliphatic rings. The Bertz CT molecular complexity index is 448. The molecule has 3 rings (SSSR count). The maximum absolute atomic E-state index is 5.25. The highest BCUT2D eigenvalue weighted by Crippen LogP contribution is 2.30. The van der Waals surface area contributed by atoms with Gasteiger partial charge in [-0.1, -0.05) is 6.07 Å². The summed E-state index contributed by atoms with van der Waals surface area (Å²) >= 11 is 3.54. The average molecular weight is 325 g/mol. The molecule has 1 heterocycles. The maximum Gasteiger partial charge on any atom is 0.133 e. The summed E-state index contributed by atoms with van der Waals surface area (Å²) < 4.78 is 6.28. The highest BCUT2D eigenvalue weighted by molar-refractivity contribution is 9.10. The van der Waals surface area contributed by atoms with E-state index < -0.39 is 0 Å². The van der Waals surface area contributed by atoms with Crippen LogP contribution in [0.5, 0.6) is 5.75 Å². The summed E-state index contributed by atoms with van der Waals surface area (Å²) in [6.07, 6.45) is 4.12. The molecule has 1 aromatic rings. The van der Waals surface area contributed by atoms with E-state index in [4.69, 9.17) is 4.74 Å². The fraction of sp³-hybridized carbons (Fsp3) is 0.600. The van der Waals surface area contributed by atoms with Crippen LogP contribution in [-0.2, 0) is 6.54 Å². The SMILES string of the molecule is COc1ccc(CNC2CCN(C3CC3)C2)cc1Br. The number of ether oxygens (including phenoxy) is 1. The summed E-state index contributed by atoms with van der Waals surface area (Å²) in [5.41, 5.74) is 1.30. The molecule has 0 aromatic heterocycles. The molecule has 1 atom stereocenters. The number of hydrogen-bond donors (Lipinski definition) is 1. The van der Waals surface area contributed by atoms with Crippen molar-refractivity contribution >= 4 is 15.9 Å². The Kier molecular flexibility index (Phi) is 4.10. The van der Waals surface area contributed by atoms with Crippen molar-refractivity contribution in [1.29, 1.82) is 0 Å².